The molecule has 0 spiro atoms. The zero-order chi connectivity index (χ0) is 19.9. The first kappa shape index (κ1) is 21.2. The second-order valence-electron chi connectivity index (χ2n) is 6.20. The Morgan fingerprint density at radius 2 is 1.78 bits per heavy atom. The molecular formula is C22H25ClO4. The van der Waals surface area contributed by atoms with E-state index >= 15 is 0 Å². The highest BCUT2D eigenvalue weighted by Gasteiger charge is 2.34. The van der Waals surface area contributed by atoms with Crippen LogP contribution in [0.15, 0.2) is 66.7 Å². The molecule has 4 nitrogen and oxygen atoms in total. The maximum atomic E-state index is 12.0. The largest absolute Gasteiger partial charge is 0.466 e. The standard InChI is InChI=1S/C22H25ClO4/c1-5-22(6-2,18-13-10-14-19(23)15-18)27-26-20(16(3)21(24)25-4)17-11-8-7-9-12-17/h7-15,20H,3,5-6H2,1-2,4H3/t20-/m1/s1. The first-order valence-corrected chi connectivity index (χ1v) is 9.27. The van der Waals surface area contributed by atoms with Crippen molar-refractivity contribution in [1.29, 1.82) is 0 Å². The van der Waals surface area contributed by atoms with Crippen LogP contribution in [0.2, 0.25) is 5.02 Å². The molecule has 1 atom stereocenters. The van der Waals surface area contributed by atoms with Gasteiger partial charge in [0.15, 0.2) is 0 Å². The molecule has 144 valence electrons. The maximum absolute atomic E-state index is 12.0. The van der Waals surface area contributed by atoms with Gasteiger partial charge in [0.25, 0.3) is 0 Å². The third-order valence-corrected chi connectivity index (χ3v) is 4.90. The fourth-order valence-electron chi connectivity index (χ4n) is 2.92. The van der Waals surface area contributed by atoms with Crippen LogP contribution in [0.4, 0.5) is 0 Å². The topological polar surface area (TPSA) is 44.8 Å². The van der Waals surface area contributed by atoms with Gasteiger partial charge in [-0.3, -0.25) is 0 Å². The first-order chi connectivity index (χ1) is 13.0. The smallest absolute Gasteiger partial charge is 0.336 e. The van der Waals surface area contributed by atoms with Crippen molar-refractivity contribution >= 4 is 17.6 Å². The van der Waals surface area contributed by atoms with Crippen LogP contribution < -0.4 is 0 Å². The molecule has 0 fully saturated rings. The van der Waals surface area contributed by atoms with Crippen LogP contribution in [-0.4, -0.2) is 13.1 Å². The molecule has 0 aliphatic carbocycles. The number of hydrogen-bond donors (Lipinski definition) is 0. The van der Waals surface area contributed by atoms with Crippen LogP contribution in [0.3, 0.4) is 0 Å². The molecule has 2 aromatic rings. The number of ether oxygens (including phenoxy) is 1. The Bertz CT molecular complexity index is 769. The number of rotatable bonds is 9. The summed E-state index contributed by atoms with van der Waals surface area (Å²) in [5.74, 6) is -0.547. The second kappa shape index (κ2) is 9.70. The Labute approximate surface area is 165 Å². The van der Waals surface area contributed by atoms with Gasteiger partial charge in [0.05, 0.1) is 12.7 Å². The average Bonchev–Trinajstić information content (AvgIpc) is 2.71. The normalized spacial score (nSPS) is 12.4. The van der Waals surface area contributed by atoms with E-state index in [1.54, 1.807) is 0 Å². The van der Waals surface area contributed by atoms with Gasteiger partial charge in [0.1, 0.15) is 11.7 Å². The highest BCUT2D eigenvalue weighted by Crippen LogP contribution is 2.37. The van der Waals surface area contributed by atoms with Crippen molar-refractivity contribution < 1.29 is 19.3 Å². The maximum Gasteiger partial charge on any atom is 0.336 e. The van der Waals surface area contributed by atoms with Gasteiger partial charge in [-0.05, 0) is 36.1 Å². The molecule has 0 amide bonds. The molecule has 0 aliphatic heterocycles. The van der Waals surface area contributed by atoms with Gasteiger partial charge in [-0.15, -0.1) is 0 Å². The molecule has 0 N–H and O–H groups in total. The molecule has 0 aromatic heterocycles. The summed E-state index contributed by atoms with van der Waals surface area (Å²) in [7, 11) is 1.31. The van der Waals surface area contributed by atoms with Gasteiger partial charge >= 0.3 is 5.97 Å². The van der Waals surface area contributed by atoms with E-state index in [9.17, 15) is 4.79 Å². The molecule has 2 aromatic carbocycles. The van der Waals surface area contributed by atoms with Crippen molar-refractivity contribution in [3.05, 3.63) is 82.9 Å². The molecule has 5 heteroatoms. The van der Waals surface area contributed by atoms with E-state index in [1.807, 2.05) is 68.4 Å². The number of carbonyl (C=O) groups excluding carboxylic acids is 1. The number of halogens is 1. The molecular weight excluding hydrogens is 364 g/mol. The third kappa shape index (κ3) is 4.98. The van der Waals surface area contributed by atoms with Crippen LogP contribution in [0, 0.1) is 0 Å². The summed E-state index contributed by atoms with van der Waals surface area (Å²) in [6.07, 6.45) is 0.543. The zero-order valence-corrected chi connectivity index (χ0v) is 16.7. The van der Waals surface area contributed by atoms with Crippen molar-refractivity contribution in [2.24, 2.45) is 0 Å². The third-order valence-electron chi connectivity index (χ3n) is 4.66. The number of esters is 1. The zero-order valence-electron chi connectivity index (χ0n) is 15.9. The van der Waals surface area contributed by atoms with Gasteiger partial charge in [-0.1, -0.05) is 74.5 Å². The summed E-state index contributed by atoms with van der Waals surface area (Å²) in [6.45, 7) is 7.87. The fourth-order valence-corrected chi connectivity index (χ4v) is 3.11. The highest BCUT2D eigenvalue weighted by atomic mass is 35.5. The Kier molecular flexibility index (Phi) is 7.60. The van der Waals surface area contributed by atoms with E-state index in [2.05, 4.69) is 6.58 Å². The minimum atomic E-state index is -0.782. The molecule has 2 rings (SSSR count). The van der Waals surface area contributed by atoms with Crippen molar-refractivity contribution in [3.63, 3.8) is 0 Å². The molecule has 0 saturated heterocycles. The Morgan fingerprint density at radius 3 is 2.33 bits per heavy atom. The van der Waals surface area contributed by atoms with Crippen molar-refractivity contribution in [3.8, 4) is 0 Å². The minimum Gasteiger partial charge on any atom is -0.466 e. The highest BCUT2D eigenvalue weighted by molar-refractivity contribution is 6.30. The number of methoxy groups -OCH3 is 1. The number of benzene rings is 2. The summed E-state index contributed by atoms with van der Waals surface area (Å²) < 4.78 is 4.81. The Hall–Kier alpha value is -2.14. The summed E-state index contributed by atoms with van der Waals surface area (Å²) in [5.41, 5.74) is 1.13. The van der Waals surface area contributed by atoms with Gasteiger partial charge in [0.2, 0.25) is 0 Å². The minimum absolute atomic E-state index is 0.163. The van der Waals surface area contributed by atoms with Gasteiger partial charge < -0.3 is 4.74 Å². The lowest BCUT2D eigenvalue weighted by molar-refractivity contribution is -0.388. The van der Waals surface area contributed by atoms with Crippen LogP contribution in [0.5, 0.6) is 0 Å². The molecule has 0 aliphatic rings. The van der Waals surface area contributed by atoms with Gasteiger partial charge in [-0.2, -0.15) is 0 Å². The molecule has 0 unspecified atom stereocenters. The summed E-state index contributed by atoms with van der Waals surface area (Å²) in [4.78, 5) is 23.8. The van der Waals surface area contributed by atoms with Crippen LogP contribution in [0.25, 0.3) is 0 Å². The number of carbonyl (C=O) groups is 1. The van der Waals surface area contributed by atoms with E-state index in [0.717, 1.165) is 11.1 Å². The van der Waals surface area contributed by atoms with E-state index in [0.29, 0.717) is 17.9 Å². The van der Waals surface area contributed by atoms with E-state index < -0.39 is 17.7 Å². The predicted molar refractivity (Wildman–Crippen MR) is 106 cm³/mol. The monoisotopic (exact) mass is 388 g/mol. The quantitative estimate of drug-likeness (QED) is 0.236. The van der Waals surface area contributed by atoms with Crippen LogP contribution in [0.1, 0.15) is 43.9 Å². The van der Waals surface area contributed by atoms with E-state index in [1.165, 1.54) is 7.11 Å². The molecule has 27 heavy (non-hydrogen) atoms. The van der Waals surface area contributed by atoms with Crippen molar-refractivity contribution in [2.75, 3.05) is 7.11 Å². The Morgan fingerprint density at radius 1 is 1.11 bits per heavy atom. The lowest BCUT2D eigenvalue weighted by Gasteiger charge is -2.33. The second-order valence-corrected chi connectivity index (χ2v) is 6.64. The van der Waals surface area contributed by atoms with Gasteiger partial charge in [0, 0.05) is 5.02 Å². The number of hydrogen-bond acceptors (Lipinski definition) is 4. The molecule has 0 bridgehead atoms. The molecule has 0 heterocycles. The first-order valence-electron chi connectivity index (χ1n) is 8.90. The molecule has 0 saturated carbocycles. The SMILES string of the molecule is C=C(C(=O)OC)[C@@H](OOC(CC)(CC)c1cccc(Cl)c1)c1ccccc1. The fraction of sp³-hybridized carbons (Fsp3) is 0.318. The van der Waals surface area contributed by atoms with Crippen molar-refractivity contribution in [1.82, 2.24) is 0 Å². The van der Waals surface area contributed by atoms with E-state index in [4.69, 9.17) is 26.1 Å². The summed E-state index contributed by atoms with van der Waals surface area (Å²) >= 11 is 6.16. The summed E-state index contributed by atoms with van der Waals surface area (Å²) in [6, 6.07) is 16.8. The molecule has 0 radical (unpaired) electrons. The average molecular weight is 389 g/mol. The lowest BCUT2D eigenvalue weighted by Crippen LogP contribution is -2.30. The summed E-state index contributed by atoms with van der Waals surface area (Å²) in [5, 5.41) is 0.626. The Balaban J connectivity index is 2.33. The van der Waals surface area contributed by atoms with Crippen molar-refractivity contribution in [2.45, 2.75) is 38.4 Å². The van der Waals surface area contributed by atoms with E-state index in [-0.39, 0.29) is 5.57 Å². The van der Waals surface area contributed by atoms with Crippen LogP contribution >= 0.6 is 11.6 Å². The predicted octanol–water partition coefficient (Wildman–Crippen LogP) is 5.77. The lowest BCUT2D eigenvalue weighted by atomic mass is 9.89. The van der Waals surface area contributed by atoms with Gasteiger partial charge in [-0.25, -0.2) is 14.6 Å². The van der Waals surface area contributed by atoms with Crippen LogP contribution in [-0.2, 0) is 24.9 Å².